The zero-order valence-corrected chi connectivity index (χ0v) is 49.2. The van der Waals surface area contributed by atoms with Gasteiger partial charge in [-0.2, -0.15) is 0 Å². The average molecular weight is 1030 g/mol. The highest BCUT2D eigenvalue weighted by atomic mass is 16.6. The van der Waals surface area contributed by atoms with Crippen LogP contribution >= 0.6 is 0 Å². The molecule has 0 aromatic rings. The number of ether oxygens (including phenoxy) is 3. The van der Waals surface area contributed by atoms with E-state index >= 15 is 0 Å². The van der Waals surface area contributed by atoms with E-state index in [1.807, 2.05) is 0 Å². The van der Waals surface area contributed by atoms with Gasteiger partial charge in [0.25, 0.3) is 0 Å². The van der Waals surface area contributed by atoms with Gasteiger partial charge in [-0.25, -0.2) is 0 Å². The lowest BCUT2D eigenvalue weighted by Crippen LogP contribution is -2.30. The second kappa shape index (κ2) is 62.2. The number of hydrogen-bond acceptors (Lipinski definition) is 6. The first kappa shape index (κ1) is 70.6. The van der Waals surface area contributed by atoms with Gasteiger partial charge in [-0.05, 0) is 57.8 Å². The van der Waals surface area contributed by atoms with Gasteiger partial charge in [0.15, 0.2) is 6.10 Å². The molecule has 1 unspecified atom stereocenters. The highest BCUT2D eigenvalue weighted by Gasteiger charge is 2.19. The summed E-state index contributed by atoms with van der Waals surface area (Å²) < 4.78 is 16.9. The molecule has 0 amide bonds. The lowest BCUT2D eigenvalue weighted by Gasteiger charge is -2.18. The van der Waals surface area contributed by atoms with Gasteiger partial charge in [-0.15, -0.1) is 0 Å². The van der Waals surface area contributed by atoms with E-state index in [2.05, 4.69) is 57.2 Å². The van der Waals surface area contributed by atoms with E-state index in [1.165, 1.54) is 244 Å². The predicted octanol–water partition coefficient (Wildman–Crippen LogP) is 22.0. The standard InChI is InChI=1S/C67H124O6/c1-4-7-10-13-16-19-22-25-28-30-31-32-33-34-35-36-37-38-40-42-45-48-51-54-57-60-66(69)72-63-64(62-71-65(68)59-56-53-50-47-44-41-27-24-21-18-15-12-9-6-3)73-67(70)61-58-55-52-49-46-43-39-29-26-23-20-17-14-11-8-5-2/h22,25,30-31,33-34,64H,4-21,23-24,26-29,32,35-63H2,1-3H3/b25-22-,31-30-,34-33-. The molecule has 73 heavy (non-hydrogen) atoms. The predicted molar refractivity (Wildman–Crippen MR) is 316 cm³/mol. The zero-order chi connectivity index (χ0) is 52.9. The van der Waals surface area contributed by atoms with Crippen LogP contribution in [-0.2, 0) is 28.6 Å². The molecule has 0 saturated carbocycles. The molecule has 0 aromatic carbocycles. The van der Waals surface area contributed by atoms with Crippen LogP contribution in [0.25, 0.3) is 0 Å². The first-order chi connectivity index (χ1) is 36.0. The maximum atomic E-state index is 12.9. The summed E-state index contributed by atoms with van der Waals surface area (Å²) in [4.78, 5) is 38.3. The molecule has 0 saturated heterocycles. The third-order valence-electron chi connectivity index (χ3n) is 14.6. The Balaban J connectivity index is 4.27. The molecule has 0 heterocycles. The summed E-state index contributed by atoms with van der Waals surface area (Å²) in [7, 11) is 0. The fourth-order valence-electron chi connectivity index (χ4n) is 9.75. The number of unbranched alkanes of at least 4 members (excludes halogenated alkanes) is 43. The molecule has 6 heteroatoms. The summed E-state index contributed by atoms with van der Waals surface area (Å²) in [5, 5.41) is 0. The Labute approximate surface area is 455 Å². The van der Waals surface area contributed by atoms with Crippen molar-refractivity contribution in [2.24, 2.45) is 0 Å². The first-order valence-corrected chi connectivity index (χ1v) is 32.5. The van der Waals surface area contributed by atoms with Crippen molar-refractivity contribution in [1.82, 2.24) is 0 Å². The van der Waals surface area contributed by atoms with Gasteiger partial charge >= 0.3 is 17.9 Å². The third-order valence-corrected chi connectivity index (χ3v) is 14.6. The summed E-state index contributed by atoms with van der Waals surface area (Å²) in [5.74, 6) is -0.845. The molecule has 0 radical (unpaired) electrons. The van der Waals surface area contributed by atoms with Crippen LogP contribution < -0.4 is 0 Å². The molecule has 428 valence electrons. The molecule has 0 aliphatic rings. The quantitative estimate of drug-likeness (QED) is 0.0261. The lowest BCUT2D eigenvalue weighted by molar-refractivity contribution is -0.167. The van der Waals surface area contributed by atoms with Crippen LogP contribution in [0.4, 0.5) is 0 Å². The first-order valence-electron chi connectivity index (χ1n) is 32.5. The molecule has 0 aromatic heterocycles. The Morgan fingerprint density at radius 2 is 0.493 bits per heavy atom. The Hall–Kier alpha value is -2.37. The highest BCUT2D eigenvalue weighted by Crippen LogP contribution is 2.18. The largest absolute Gasteiger partial charge is 0.462 e. The van der Waals surface area contributed by atoms with Crippen molar-refractivity contribution >= 4 is 17.9 Å². The van der Waals surface area contributed by atoms with Crippen LogP contribution in [-0.4, -0.2) is 37.2 Å². The highest BCUT2D eigenvalue weighted by molar-refractivity contribution is 5.71. The lowest BCUT2D eigenvalue weighted by atomic mass is 10.0. The maximum absolute atomic E-state index is 12.9. The monoisotopic (exact) mass is 1020 g/mol. The van der Waals surface area contributed by atoms with Gasteiger partial charge in [0.05, 0.1) is 0 Å². The van der Waals surface area contributed by atoms with Crippen LogP contribution in [0.1, 0.15) is 355 Å². The molecule has 0 N–H and O–H groups in total. The van der Waals surface area contributed by atoms with Crippen LogP contribution in [0.2, 0.25) is 0 Å². The Morgan fingerprint density at radius 3 is 0.767 bits per heavy atom. The van der Waals surface area contributed by atoms with Gasteiger partial charge < -0.3 is 14.2 Å². The number of carbonyl (C=O) groups excluding carboxylic acids is 3. The minimum absolute atomic E-state index is 0.0674. The molecule has 0 bridgehead atoms. The SMILES string of the molecule is CCCCCCC/C=C\C/C=C\C/C=C\CCCCCCCCCCCCC(=O)OCC(COC(=O)CCCCCCCCCCCCCCCC)OC(=O)CCCCCCCCCCCCCCCCCC. The fourth-order valence-corrected chi connectivity index (χ4v) is 9.75. The van der Waals surface area contributed by atoms with Crippen molar-refractivity contribution in [3.05, 3.63) is 36.5 Å². The molecular formula is C67H124O6. The molecule has 0 aliphatic heterocycles. The third kappa shape index (κ3) is 60.4. The van der Waals surface area contributed by atoms with Gasteiger partial charge in [-0.1, -0.05) is 314 Å². The summed E-state index contributed by atoms with van der Waals surface area (Å²) in [6.45, 7) is 6.69. The van der Waals surface area contributed by atoms with Crippen LogP contribution in [0.5, 0.6) is 0 Å². The number of rotatable bonds is 60. The Morgan fingerprint density at radius 1 is 0.274 bits per heavy atom. The Kier molecular flexibility index (Phi) is 60.2. The Bertz CT molecular complexity index is 1220. The number of hydrogen-bond donors (Lipinski definition) is 0. The molecule has 0 spiro atoms. The van der Waals surface area contributed by atoms with E-state index in [9.17, 15) is 14.4 Å². The summed E-state index contributed by atoms with van der Waals surface area (Å²) in [5.41, 5.74) is 0. The minimum atomic E-state index is -0.770. The van der Waals surface area contributed by atoms with Gasteiger partial charge in [0.1, 0.15) is 13.2 Å². The van der Waals surface area contributed by atoms with E-state index < -0.39 is 6.10 Å². The molecule has 0 fully saturated rings. The van der Waals surface area contributed by atoms with Gasteiger partial charge in [0.2, 0.25) is 0 Å². The second-order valence-electron chi connectivity index (χ2n) is 22.0. The van der Waals surface area contributed by atoms with E-state index in [4.69, 9.17) is 14.2 Å². The topological polar surface area (TPSA) is 78.9 Å². The van der Waals surface area contributed by atoms with Crippen molar-refractivity contribution in [3.63, 3.8) is 0 Å². The summed E-state index contributed by atoms with van der Waals surface area (Å²) in [6.07, 6.45) is 75.7. The van der Waals surface area contributed by atoms with E-state index in [0.29, 0.717) is 19.3 Å². The smallest absolute Gasteiger partial charge is 0.306 e. The molecule has 1 atom stereocenters. The van der Waals surface area contributed by atoms with E-state index in [-0.39, 0.29) is 31.1 Å². The fraction of sp³-hybridized carbons (Fsp3) is 0.866. The number of allylic oxidation sites excluding steroid dienone is 6. The van der Waals surface area contributed by atoms with Crippen molar-refractivity contribution in [1.29, 1.82) is 0 Å². The average Bonchev–Trinajstić information content (AvgIpc) is 3.39. The van der Waals surface area contributed by atoms with Crippen LogP contribution in [0.15, 0.2) is 36.5 Å². The zero-order valence-electron chi connectivity index (χ0n) is 49.2. The normalized spacial score (nSPS) is 12.2. The minimum Gasteiger partial charge on any atom is -0.462 e. The van der Waals surface area contributed by atoms with Gasteiger partial charge in [-0.3, -0.25) is 14.4 Å². The van der Waals surface area contributed by atoms with Crippen LogP contribution in [0.3, 0.4) is 0 Å². The van der Waals surface area contributed by atoms with E-state index in [0.717, 1.165) is 70.6 Å². The van der Waals surface area contributed by atoms with Crippen molar-refractivity contribution in [3.8, 4) is 0 Å². The van der Waals surface area contributed by atoms with Crippen molar-refractivity contribution < 1.29 is 28.6 Å². The molecule has 0 aliphatic carbocycles. The molecule has 0 rings (SSSR count). The molecular weight excluding hydrogens is 901 g/mol. The van der Waals surface area contributed by atoms with Crippen LogP contribution in [0, 0.1) is 0 Å². The van der Waals surface area contributed by atoms with Gasteiger partial charge in [0, 0.05) is 19.3 Å². The van der Waals surface area contributed by atoms with E-state index in [1.54, 1.807) is 0 Å². The summed E-state index contributed by atoms with van der Waals surface area (Å²) >= 11 is 0. The van der Waals surface area contributed by atoms with Crippen molar-refractivity contribution in [2.75, 3.05) is 13.2 Å². The second-order valence-corrected chi connectivity index (χ2v) is 22.0. The summed E-state index contributed by atoms with van der Waals surface area (Å²) in [6, 6.07) is 0. The number of carbonyl (C=O) groups is 3. The maximum Gasteiger partial charge on any atom is 0.306 e. The number of esters is 3. The van der Waals surface area contributed by atoms with Crippen molar-refractivity contribution in [2.45, 2.75) is 361 Å². The molecule has 6 nitrogen and oxygen atoms in total.